The van der Waals surface area contributed by atoms with Gasteiger partial charge in [0.25, 0.3) is 5.91 Å². The molecule has 0 radical (unpaired) electrons. The first-order valence-corrected chi connectivity index (χ1v) is 10.8. The molecule has 2 aromatic heterocycles. The Morgan fingerprint density at radius 1 is 1.23 bits per heavy atom. The summed E-state index contributed by atoms with van der Waals surface area (Å²) in [7, 11) is 0. The van der Waals surface area contributed by atoms with E-state index in [4.69, 9.17) is 17.0 Å². The van der Waals surface area contributed by atoms with Crippen LogP contribution in [0.4, 0.5) is 4.39 Å². The summed E-state index contributed by atoms with van der Waals surface area (Å²) in [5.41, 5.74) is 1.27. The summed E-state index contributed by atoms with van der Waals surface area (Å²) in [6, 6.07) is 7.98. The molecule has 0 unspecified atom stereocenters. The van der Waals surface area contributed by atoms with Gasteiger partial charge in [0.1, 0.15) is 23.0 Å². The lowest BCUT2D eigenvalue weighted by molar-refractivity contribution is 0.0954. The molecule has 4 rings (SSSR count). The number of hydrogen-bond donors (Lipinski definition) is 2. The van der Waals surface area contributed by atoms with Crippen molar-refractivity contribution in [2.45, 2.75) is 25.8 Å². The standard InChI is InChI=1S/C20H20ClFN6OS/c21-18-7-6-17(30-18)20(29)24-11-14-12-28(26-25-14)16-5-4-13(10-15(16)22)19(23)27-8-2-1-3-9-27/h4-7,10,12,23H,1-3,8-9,11H2,(H,24,29). The van der Waals surface area contributed by atoms with E-state index < -0.39 is 5.82 Å². The maximum atomic E-state index is 14.7. The fourth-order valence-corrected chi connectivity index (χ4v) is 4.29. The lowest BCUT2D eigenvalue weighted by Gasteiger charge is -2.29. The van der Waals surface area contributed by atoms with E-state index in [0.29, 0.717) is 26.3 Å². The zero-order valence-electron chi connectivity index (χ0n) is 16.1. The molecule has 7 nitrogen and oxygen atoms in total. The van der Waals surface area contributed by atoms with Gasteiger partial charge in [-0.25, -0.2) is 9.07 Å². The van der Waals surface area contributed by atoms with Crippen LogP contribution in [0.1, 0.15) is 40.2 Å². The number of carbonyl (C=O) groups excluding carboxylic acids is 1. The summed E-state index contributed by atoms with van der Waals surface area (Å²) in [5, 5.41) is 19.0. The van der Waals surface area contributed by atoms with Crippen molar-refractivity contribution in [1.82, 2.24) is 25.2 Å². The van der Waals surface area contributed by atoms with E-state index in [-0.39, 0.29) is 18.1 Å². The molecule has 0 aliphatic carbocycles. The van der Waals surface area contributed by atoms with E-state index in [0.717, 1.165) is 25.9 Å². The van der Waals surface area contributed by atoms with E-state index in [1.807, 2.05) is 4.90 Å². The second-order valence-electron chi connectivity index (χ2n) is 7.00. The number of halogens is 2. The van der Waals surface area contributed by atoms with Crippen LogP contribution in [0.25, 0.3) is 5.69 Å². The molecule has 1 saturated heterocycles. The van der Waals surface area contributed by atoms with E-state index in [9.17, 15) is 9.18 Å². The van der Waals surface area contributed by atoms with Gasteiger partial charge in [0, 0.05) is 18.7 Å². The molecule has 30 heavy (non-hydrogen) atoms. The monoisotopic (exact) mass is 446 g/mol. The number of benzene rings is 1. The van der Waals surface area contributed by atoms with E-state index in [1.54, 1.807) is 30.5 Å². The highest BCUT2D eigenvalue weighted by Gasteiger charge is 2.17. The average Bonchev–Trinajstić information content (AvgIpc) is 3.41. The van der Waals surface area contributed by atoms with Gasteiger partial charge in [-0.1, -0.05) is 16.8 Å². The Balaban J connectivity index is 1.42. The molecular formula is C20H20ClFN6OS. The third-order valence-electron chi connectivity index (χ3n) is 4.91. The molecular weight excluding hydrogens is 427 g/mol. The minimum atomic E-state index is -0.483. The quantitative estimate of drug-likeness (QED) is 0.460. The molecule has 1 fully saturated rings. The van der Waals surface area contributed by atoms with Crippen molar-refractivity contribution >= 4 is 34.7 Å². The van der Waals surface area contributed by atoms with Crippen LogP contribution in [0.3, 0.4) is 0 Å². The Kier molecular flexibility index (Phi) is 6.10. The van der Waals surface area contributed by atoms with E-state index in [1.165, 1.54) is 28.5 Å². The van der Waals surface area contributed by atoms with Gasteiger partial charge in [-0.2, -0.15) is 0 Å². The summed E-state index contributed by atoms with van der Waals surface area (Å²) >= 11 is 7.03. The predicted molar refractivity (Wildman–Crippen MR) is 114 cm³/mol. The first-order valence-electron chi connectivity index (χ1n) is 9.60. The van der Waals surface area contributed by atoms with Gasteiger partial charge in [0.05, 0.1) is 22.0 Å². The van der Waals surface area contributed by atoms with Gasteiger partial charge in [0.2, 0.25) is 0 Å². The van der Waals surface area contributed by atoms with Crippen molar-refractivity contribution in [2.75, 3.05) is 13.1 Å². The topological polar surface area (TPSA) is 86.9 Å². The van der Waals surface area contributed by atoms with Gasteiger partial charge < -0.3 is 10.2 Å². The van der Waals surface area contributed by atoms with Crippen molar-refractivity contribution in [3.05, 3.63) is 62.8 Å². The molecule has 3 heterocycles. The zero-order chi connectivity index (χ0) is 21.1. The van der Waals surface area contributed by atoms with Gasteiger partial charge in [-0.05, 0) is 49.6 Å². The van der Waals surface area contributed by atoms with Crippen molar-refractivity contribution in [1.29, 1.82) is 5.41 Å². The van der Waals surface area contributed by atoms with Crippen molar-refractivity contribution in [2.24, 2.45) is 0 Å². The third-order valence-corrected chi connectivity index (χ3v) is 6.14. The van der Waals surface area contributed by atoms with Crippen LogP contribution < -0.4 is 5.32 Å². The molecule has 3 aromatic rings. The smallest absolute Gasteiger partial charge is 0.261 e. The van der Waals surface area contributed by atoms with Crippen LogP contribution in [0.15, 0.2) is 36.5 Å². The highest BCUT2D eigenvalue weighted by molar-refractivity contribution is 7.17. The molecule has 0 spiro atoms. The molecule has 1 aromatic carbocycles. The van der Waals surface area contributed by atoms with Crippen LogP contribution in [-0.2, 0) is 6.54 Å². The normalized spacial score (nSPS) is 14.0. The molecule has 1 aliphatic rings. The van der Waals surface area contributed by atoms with Crippen LogP contribution >= 0.6 is 22.9 Å². The second-order valence-corrected chi connectivity index (χ2v) is 8.72. The summed E-state index contributed by atoms with van der Waals surface area (Å²) in [6.07, 6.45) is 4.85. The summed E-state index contributed by atoms with van der Waals surface area (Å²) in [4.78, 5) is 14.6. The largest absolute Gasteiger partial charge is 0.357 e. The minimum absolute atomic E-state index is 0.160. The Morgan fingerprint density at radius 2 is 2.03 bits per heavy atom. The lowest BCUT2D eigenvalue weighted by atomic mass is 10.1. The number of carbonyl (C=O) groups is 1. The maximum Gasteiger partial charge on any atom is 0.261 e. The SMILES string of the molecule is N=C(c1ccc(-n2cc(CNC(=O)c3ccc(Cl)s3)nn2)c(F)c1)N1CCCCC1. The number of amides is 1. The Hall–Kier alpha value is -2.78. The lowest BCUT2D eigenvalue weighted by Crippen LogP contribution is -2.35. The maximum absolute atomic E-state index is 14.7. The van der Waals surface area contributed by atoms with Gasteiger partial charge in [0.15, 0.2) is 0 Å². The van der Waals surface area contributed by atoms with Crippen LogP contribution in [0, 0.1) is 11.2 Å². The van der Waals surface area contributed by atoms with Crippen LogP contribution in [0.5, 0.6) is 0 Å². The number of nitrogens with one attached hydrogen (secondary N) is 2. The zero-order valence-corrected chi connectivity index (χ0v) is 17.6. The summed E-state index contributed by atoms with van der Waals surface area (Å²) < 4.78 is 16.6. The molecule has 10 heteroatoms. The number of hydrogen-bond acceptors (Lipinski definition) is 5. The molecule has 0 saturated carbocycles. The Labute approximate surface area is 182 Å². The van der Waals surface area contributed by atoms with Crippen LogP contribution in [0.2, 0.25) is 4.34 Å². The fraction of sp³-hybridized carbons (Fsp3) is 0.300. The molecule has 156 valence electrons. The first-order chi connectivity index (χ1) is 14.5. The third kappa shape index (κ3) is 4.52. The number of amidine groups is 1. The molecule has 0 bridgehead atoms. The minimum Gasteiger partial charge on any atom is -0.357 e. The van der Waals surface area contributed by atoms with Gasteiger partial charge >= 0.3 is 0 Å². The molecule has 1 aliphatic heterocycles. The van der Waals surface area contributed by atoms with Crippen molar-refractivity contribution in [3.63, 3.8) is 0 Å². The van der Waals surface area contributed by atoms with Crippen LogP contribution in [-0.4, -0.2) is 44.7 Å². The van der Waals surface area contributed by atoms with Gasteiger partial charge in [-0.3, -0.25) is 10.2 Å². The average molecular weight is 447 g/mol. The Morgan fingerprint density at radius 3 is 2.73 bits per heavy atom. The number of rotatable bonds is 5. The van der Waals surface area contributed by atoms with E-state index in [2.05, 4.69) is 15.6 Å². The second kappa shape index (κ2) is 8.93. The number of likely N-dealkylation sites (tertiary alicyclic amines) is 1. The molecule has 2 N–H and O–H groups in total. The number of thiophene rings is 1. The van der Waals surface area contributed by atoms with Crippen molar-refractivity contribution in [3.8, 4) is 5.69 Å². The fourth-order valence-electron chi connectivity index (χ4n) is 3.33. The molecule has 1 amide bonds. The molecule has 0 atom stereocenters. The highest BCUT2D eigenvalue weighted by atomic mass is 35.5. The number of aromatic nitrogens is 3. The van der Waals surface area contributed by atoms with Crippen molar-refractivity contribution < 1.29 is 9.18 Å². The first kappa shape index (κ1) is 20.5. The predicted octanol–water partition coefficient (Wildman–Crippen LogP) is 3.86. The van der Waals surface area contributed by atoms with Gasteiger partial charge in [-0.15, -0.1) is 16.4 Å². The highest BCUT2D eigenvalue weighted by Crippen LogP contribution is 2.21. The summed E-state index contributed by atoms with van der Waals surface area (Å²) in [6.45, 7) is 1.82. The Bertz CT molecular complexity index is 1070. The van der Waals surface area contributed by atoms with E-state index >= 15 is 0 Å². The summed E-state index contributed by atoms with van der Waals surface area (Å²) in [5.74, 6) is -0.396. The number of piperidine rings is 1. The number of nitrogens with zero attached hydrogens (tertiary/aromatic N) is 4.